The van der Waals surface area contributed by atoms with Gasteiger partial charge < -0.3 is 0 Å². The zero-order chi connectivity index (χ0) is 15.6. The summed E-state index contributed by atoms with van der Waals surface area (Å²) in [7, 11) is 0. The van der Waals surface area contributed by atoms with Crippen molar-refractivity contribution in [1.29, 1.82) is 0 Å². The molecule has 110 valence electrons. The summed E-state index contributed by atoms with van der Waals surface area (Å²) in [5.74, 6) is 0. The van der Waals surface area contributed by atoms with Crippen molar-refractivity contribution in [3.8, 4) is 22.3 Å². The first kappa shape index (κ1) is 14.2. The molecule has 4 aromatic rings. The highest BCUT2D eigenvalue weighted by atomic mass is 79.9. The van der Waals surface area contributed by atoms with Crippen LogP contribution in [0.25, 0.3) is 33.0 Å². The topological polar surface area (TPSA) is 0 Å². The van der Waals surface area contributed by atoms with Gasteiger partial charge in [0.15, 0.2) is 0 Å². The van der Waals surface area contributed by atoms with Crippen LogP contribution in [0.4, 0.5) is 0 Å². The fourth-order valence-corrected chi connectivity index (χ4v) is 3.60. The number of fused-ring (bicyclic) bond motifs is 1. The van der Waals surface area contributed by atoms with Crippen molar-refractivity contribution in [2.75, 3.05) is 0 Å². The number of hydrogen-bond acceptors (Lipinski definition) is 0. The second-order valence-electron chi connectivity index (χ2n) is 5.56. The first-order chi connectivity index (χ1) is 11.3. The summed E-state index contributed by atoms with van der Waals surface area (Å²) in [4.78, 5) is 0. The number of rotatable bonds is 2. The van der Waals surface area contributed by atoms with Gasteiger partial charge in [-0.2, -0.15) is 0 Å². The molecule has 0 saturated heterocycles. The number of hydrogen-bond donors (Lipinski definition) is 0. The first-order valence-electron chi connectivity index (χ1n) is 7.67. The Morgan fingerprint density at radius 1 is 0.478 bits per heavy atom. The average Bonchev–Trinajstić information content (AvgIpc) is 2.62. The zero-order valence-electron chi connectivity index (χ0n) is 12.5. The third kappa shape index (κ3) is 2.58. The van der Waals surface area contributed by atoms with E-state index in [0.29, 0.717) is 0 Å². The zero-order valence-corrected chi connectivity index (χ0v) is 14.1. The van der Waals surface area contributed by atoms with Gasteiger partial charge in [0.1, 0.15) is 0 Å². The van der Waals surface area contributed by atoms with E-state index in [9.17, 15) is 0 Å². The molecule has 0 N–H and O–H groups in total. The lowest BCUT2D eigenvalue weighted by atomic mass is 9.91. The van der Waals surface area contributed by atoms with Crippen LogP contribution in [0.3, 0.4) is 0 Å². The van der Waals surface area contributed by atoms with Gasteiger partial charge in [-0.05, 0) is 39.1 Å². The fourth-order valence-electron chi connectivity index (χ4n) is 3.10. The van der Waals surface area contributed by atoms with E-state index in [1.54, 1.807) is 0 Å². The molecule has 0 heterocycles. The highest BCUT2D eigenvalue weighted by molar-refractivity contribution is 9.10. The second-order valence-corrected chi connectivity index (χ2v) is 6.41. The molecule has 0 nitrogen and oxygen atoms in total. The molecule has 0 aromatic heterocycles. The highest BCUT2D eigenvalue weighted by Crippen LogP contribution is 2.38. The van der Waals surface area contributed by atoms with Gasteiger partial charge in [0, 0.05) is 4.47 Å². The molecular formula is C22H15Br. The summed E-state index contributed by atoms with van der Waals surface area (Å²) >= 11 is 3.70. The van der Waals surface area contributed by atoms with Crippen molar-refractivity contribution in [1.82, 2.24) is 0 Å². The molecule has 0 saturated carbocycles. The Bertz CT molecular complexity index is 966. The van der Waals surface area contributed by atoms with Crippen molar-refractivity contribution < 1.29 is 0 Å². The van der Waals surface area contributed by atoms with E-state index in [2.05, 4.69) is 107 Å². The molecule has 0 aliphatic carbocycles. The molecular weight excluding hydrogens is 344 g/mol. The third-order valence-corrected chi connectivity index (χ3v) is 4.85. The minimum absolute atomic E-state index is 1.12. The predicted octanol–water partition coefficient (Wildman–Crippen LogP) is 6.94. The van der Waals surface area contributed by atoms with Gasteiger partial charge in [-0.1, -0.05) is 101 Å². The van der Waals surface area contributed by atoms with Crippen LogP contribution in [0, 0.1) is 0 Å². The first-order valence-corrected chi connectivity index (χ1v) is 8.46. The number of halogens is 1. The van der Waals surface area contributed by atoms with Crippen molar-refractivity contribution in [2.45, 2.75) is 0 Å². The average molecular weight is 359 g/mol. The molecule has 1 heteroatoms. The van der Waals surface area contributed by atoms with Crippen LogP contribution in [0.2, 0.25) is 0 Å². The fraction of sp³-hybridized carbons (Fsp3) is 0. The van der Waals surface area contributed by atoms with Crippen LogP contribution in [0.5, 0.6) is 0 Å². The number of benzene rings is 4. The summed E-state index contributed by atoms with van der Waals surface area (Å²) in [5, 5.41) is 2.56. The van der Waals surface area contributed by atoms with Crippen molar-refractivity contribution in [3.63, 3.8) is 0 Å². The van der Waals surface area contributed by atoms with E-state index in [1.165, 1.54) is 33.0 Å². The molecule has 0 amide bonds. The molecule has 4 rings (SSSR count). The molecule has 0 unspecified atom stereocenters. The van der Waals surface area contributed by atoms with Crippen molar-refractivity contribution in [2.24, 2.45) is 0 Å². The molecule has 0 spiro atoms. The Hall–Kier alpha value is -2.38. The van der Waals surface area contributed by atoms with Gasteiger partial charge >= 0.3 is 0 Å². The molecule has 0 aliphatic rings. The van der Waals surface area contributed by atoms with Gasteiger partial charge in [0.25, 0.3) is 0 Å². The smallest absolute Gasteiger partial charge is 0.0253 e. The van der Waals surface area contributed by atoms with Gasteiger partial charge in [-0.3, -0.25) is 0 Å². The summed E-state index contributed by atoms with van der Waals surface area (Å²) < 4.78 is 1.12. The maximum Gasteiger partial charge on any atom is 0.0253 e. The molecule has 4 aromatic carbocycles. The lowest BCUT2D eigenvalue weighted by molar-refractivity contribution is 1.60. The Balaban J connectivity index is 2.09. The lowest BCUT2D eigenvalue weighted by Crippen LogP contribution is -1.87. The minimum Gasteiger partial charge on any atom is -0.0622 e. The standard InChI is InChI=1S/C22H15Br/c23-21-15-5-4-12-19(21)20-14-7-11-17-10-6-13-18(22(17)20)16-8-2-1-3-9-16/h1-15H. The van der Waals surface area contributed by atoms with Crippen LogP contribution in [0.15, 0.2) is 95.5 Å². The monoisotopic (exact) mass is 358 g/mol. The van der Waals surface area contributed by atoms with Gasteiger partial charge in [-0.15, -0.1) is 0 Å². The predicted molar refractivity (Wildman–Crippen MR) is 103 cm³/mol. The van der Waals surface area contributed by atoms with Crippen LogP contribution < -0.4 is 0 Å². The largest absolute Gasteiger partial charge is 0.0622 e. The Morgan fingerprint density at radius 2 is 1.09 bits per heavy atom. The van der Waals surface area contributed by atoms with Crippen molar-refractivity contribution >= 4 is 26.7 Å². The lowest BCUT2D eigenvalue weighted by Gasteiger charge is -2.13. The summed E-state index contributed by atoms with van der Waals surface area (Å²) in [6, 6.07) is 32.0. The molecule has 0 fully saturated rings. The van der Waals surface area contributed by atoms with E-state index in [-0.39, 0.29) is 0 Å². The van der Waals surface area contributed by atoms with Gasteiger partial charge in [0.2, 0.25) is 0 Å². The van der Waals surface area contributed by atoms with Crippen LogP contribution in [-0.4, -0.2) is 0 Å². The second kappa shape index (κ2) is 6.02. The molecule has 0 bridgehead atoms. The quantitative estimate of drug-likeness (QED) is 0.364. The normalized spacial score (nSPS) is 10.8. The van der Waals surface area contributed by atoms with Crippen LogP contribution >= 0.6 is 15.9 Å². The van der Waals surface area contributed by atoms with Gasteiger partial charge in [-0.25, -0.2) is 0 Å². The third-order valence-electron chi connectivity index (χ3n) is 4.15. The van der Waals surface area contributed by atoms with Crippen molar-refractivity contribution in [3.05, 3.63) is 95.5 Å². The maximum atomic E-state index is 3.70. The minimum atomic E-state index is 1.12. The van der Waals surface area contributed by atoms with Crippen LogP contribution in [-0.2, 0) is 0 Å². The van der Waals surface area contributed by atoms with E-state index >= 15 is 0 Å². The van der Waals surface area contributed by atoms with E-state index in [0.717, 1.165) is 4.47 Å². The van der Waals surface area contributed by atoms with E-state index < -0.39 is 0 Å². The summed E-state index contributed by atoms with van der Waals surface area (Å²) in [6.07, 6.45) is 0. The molecule has 0 atom stereocenters. The summed E-state index contributed by atoms with van der Waals surface area (Å²) in [6.45, 7) is 0. The van der Waals surface area contributed by atoms with E-state index in [1.807, 2.05) is 0 Å². The Kier molecular flexibility index (Phi) is 3.72. The van der Waals surface area contributed by atoms with Crippen LogP contribution in [0.1, 0.15) is 0 Å². The SMILES string of the molecule is Brc1ccccc1-c1cccc2cccc(-c3ccccc3)c12. The Labute approximate surface area is 144 Å². The summed E-state index contributed by atoms with van der Waals surface area (Å²) in [5.41, 5.74) is 5.00. The van der Waals surface area contributed by atoms with E-state index in [4.69, 9.17) is 0 Å². The molecule has 0 radical (unpaired) electrons. The maximum absolute atomic E-state index is 3.70. The molecule has 23 heavy (non-hydrogen) atoms. The Morgan fingerprint density at radius 3 is 1.83 bits per heavy atom. The molecule has 0 aliphatic heterocycles. The highest BCUT2D eigenvalue weighted by Gasteiger charge is 2.11. The van der Waals surface area contributed by atoms with Gasteiger partial charge in [0.05, 0.1) is 0 Å².